The fourth-order valence-electron chi connectivity index (χ4n) is 11.2. The molecular weight excluding hydrogens is 837 g/mol. The van der Waals surface area contributed by atoms with Gasteiger partial charge >= 0.3 is 5.97 Å². The zero-order valence-corrected chi connectivity index (χ0v) is 40.4. The lowest BCUT2D eigenvalue weighted by Gasteiger charge is -2.41. The molecule has 3 heterocycles. The molecule has 3 fully saturated rings. The number of methoxy groups -OCH3 is 3. The lowest BCUT2D eigenvalue weighted by molar-refractivity contribution is -0.255. The molecule has 7 rings (SSSR count). The maximum Gasteiger partial charge on any atom is 0.306 e. The zero-order chi connectivity index (χ0) is 45.8. The average molecular weight is 909 g/mol. The smallest absolute Gasteiger partial charge is 0.306 e. The minimum absolute atomic E-state index is 0.00723. The summed E-state index contributed by atoms with van der Waals surface area (Å²) >= 11 is 1.72. The summed E-state index contributed by atoms with van der Waals surface area (Å²) in [5.74, 6) is -1.02. The van der Waals surface area contributed by atoms with Crippen molar-refractivity contribution in [1.29, 1.82) is 0 Å². The van der Waals surface area contributed by atoms with Crippen molar-refractivity contribution >= 4 is 29.0 Å². The van der Waals surface area contributed by atoms with E-state index in [1.54, 1.807) is 37.6 Å². The summed E-state index contributed by atoms with van der Waals surface area (Å²) in [6, 6.07) is 9.19. The first-order valence-corrected chi connectivity index (χ1v) is 24.5. The van der Waals surface area contributed by atoms with Crippen molar-refractivity contribution in [2.45, 2.75) is 173 Å². The highest BCUT2D eigenvalue weighted by molar-refractivity contribution is 7.11. The summed E-state index contributed by atoms with van der Waals surface area (Å²) in [5.41, 5.74) is 2.33. The van der Waals surface area contributed by atoms with Crippen LogP contribution in [0.25, 0.3) is 0 Å². The van der Waals surface area contributed by atoms with Gasteiger partial charge in [0.1, 0.15) is 12.2 Å². The Bertz CT molecular complexity index is 1930. The van der Waals surface area contributed by atoms with E-state index in [0.29, 0.717) is 49.8 Å². The van der Waals surface area contributed by atoms with Gasteiger partial charge < -0.3 is 42.8 Å². The molecule has 2 aromatic rings. The van der Waals surface area contributed by atoms with Crippen LogP contribution in [0.2, 0.25) is 0 Å². The number of allylic oxidation sites excluding steroid dienone is 2. The summed E-state index contributed by atoms with van der Waals surface area (Å²) in [7, 11) is 6.78. The first-order chi connectivity index (χ1) is 30.8. The lowest BCUT2D eigenvalue weighted by Crippen LogP contribution is -2.50. The number of thiazole rings is 1. The molecule has 354 valence electrons. The number of amides is 1. The average Bonchev–Trinajstić information content (AvgIpc) is 4.00. The number of carbonyl (C=O) groups excluding carboxylic acids is 3. The van der Waals surface area contributed by atoms with Crippen molar-refractivity contribution < 1.29 is 52.3 Å². The Hall–Kier alpha value is -3.08. The molecule has 0 radical (unpaired) electrons. The number of ether oxygens (including phenoxy) is 8. The molecule has 0 N–H and O–H groups in total. The van der Waals surface area contributed by atoms with Gasteiger partial charge in [-0.3, -0.25) is 14.4 Å². The highest BCUT2D eigenvalue weighted by atomic mass is 32.1. The van der Waals surface area contributed by atoms with Crippen LogP contribution in [0, 0.1) is 30.6 Å². The first kappa shape index (κ1) is 48.8. The fourth-order valence-corrected chi connectivity index (χ4v) is 12.3. The Morgan fingerprint density at radius 1 is 0.984 bits per heavy atom. The third-order valence-electron chi connectivity index (χ3n) is 15.0. The molecule has 1 amide bonds. The fraction of sp³-hybridized carbons (Fsp3) is 0.720. The van der Waals surface area contributed by atoms with E-state index in [1.165, 1.54) is 4.88 Å². The molecule has 0 bridgehead atoms. The number of hydrogen-bond donors (Lipinski definition) is 0. The van der Waals surface area contributed by atoms with Crippen LogP contribution in [-0.2, 0) is 47.5 Å². The monoisotopic (exact) mass is 908 g/mol. The molecule has 13 nitrogen and oxygen atoms in total. The van der Waals surface area contributed by atoms with Gasteiger partial charge in [-0.05, 0) is 102 Å². The molecule has 3 unspecified atom stereocenters. The Balaban J connectivity index is 1.14. The van der Waals surface area contributed by atoms with E-state index >= 15 is 4.79 Å². The van der Waals surface area contributed by atoms with Gasteiger partial charge in [-0.2, -0.15) is 0 Å². The molecule has 2 aliphatic heterocycles. The first-order valence-electron chi connectivity index (χ1n) is 23.7. The topological polar surface area (TPSA) is 141 Å². The van der Waals surface area contributed by atoms with Crippen LogP contribution in [-0.4, -0.2) is 124 Å². The number of esters is 1. The number of aryl methyl sites for hydroxylation is 1. The van der Waals surface area contributed by atoms with Crippen molar-refractivity contribution in [2.75, 3.05) is 35.0 Å². The van der Waals surface area contributed by atoms with Crippen LogP contribution in [0.1, 0.15) is 130 Å². The number of aromatic nitrogens is 1. The van der Waals surface area contributed by atoms with E-state index in [-0.39, 0.29) is 90.2 Å². The van der Waals surface area contributed by atoms with Gasteiger partial charge in [0.25, 0.3) is 5.91 Å². The number of benzene rings is 1. The van der Waals surface area contributed by atoms with Crippen LogP contribution in [0.5, 0.6) is 0 Å². The molecule has 16 atom stereocenters. The third-order valence-corrected chi connectivity index (χ3v) is 16.1. The Morgan fingerprint density at radius 2 is 1.75 bits per heavy atom. The highest BCUT2D eigenvalue weighted by Crippen LogP contribution is 2.62. The van der Waals surface area contributed by atoms with Crippen molar-refractivity contribution in [3.05, 3.63) is 63.1 Å². The van der Waals surface area contributed by atoms with Crippen LogP contribution in [0.3, 0.4) is 0 Å². The zero-order valence-electron chi connectivity index (χ0n) is 39.6. The predicted octanol–water partition coefficient (Wildman–Crippen LogP) is 8.18. The Kier molecular flexibility index (Phi) is 16.6. The van der Waals surface area contributed by atoms with E-state index in [4.69, 9.17) is 42.9 Å². The number of nitrogens with zero attached hydrogens (tertiary/aromatic N) is 2. The van der Waals surface area contributed by atoms with E-state index in [0.717, 1.165) is 30.0 Å². The molecule has 64 heavy (non-hydrogen) atoms. The normalized spacial score (nSPS) is 33.8. The van der Waals surface area contributed by atoms with E-state index in [9.17, 15) is 9.59 Å². The number of rotatable bonds is 15. The van der Waals surface area contributed by atoms with Crippen LogP contribution < -0.4 is 0 Å². The second-order valence-corrected chi connectivity index (χ2v) is 20.1. The van der Waals surface area contributed by atoms with Gasteiger partial charge in [-0.15, -0.1) is 11.3 Å². The van der Waals surface area contributed by atoms with Gasteiger partial charge in [0.2, 0.25) is 0 Å². The van der Waals surface area contributed by atoms with Crippen LogP contribution >= 0.6 is 11.3 Å². The quantitative estimate of drug-likeness (QED) is 0.126. The van der Waals surface area contributed by atoms with Gasteiger partial charge in [-0.1, -0.05) is 38.1 Å². The number of Topliss-reactive ketones (excluding diaryl/α,β-unsaturated/α-hetero) is 1. The number of carbonyl (C=O) groups is 3. The Morgan fingerprint density at radius 3 is 2.44 bits per heavy atom. The Labute approximate surface area is 384 Å². The van der Waals surface area contributed by atoms with Gasteiger partial charge in [0, 0.05) is 68.9 Å². The molecule has 1 saturated carbocycles. The molecule has 1 aromatic carbocycles. The number of likely N-dealkylation sites (N-methyl/N-ethyl adjacent to an activating group) is 1. The van der Waals surface area contributed by atoms with E-state index in [2.05, 4.69) is 13.0 Å². The van der Waals surface area contributed by atoms with Gasteiger partial charge in [-0.25, -0.2) is 4.98 Å². The van der Waals surface area contributed by atoms with Crippen LogP contribution in [0.15, 0.2) is 42.0 Å². The third kappa shape index (κ3) is 10.5. The largest absolute Gasteiger partial charge is 0.462 e. The number of cyclic esters (lactones) is 1. The molecule has 2 saturated heterocycles. The standard InChI is InChI=1S/C50H72N2O11S/c1-11-33-18-15-19-41(63-44-21-20-40(30(5)59-44)52(7)49(55)32-16-13-12-14-17-32)27(2)47(54)38-24-36-35-22-34(62-50(42(58-10)26-56-8)60-29(4)28(3)57-9)23-39(35)48-46(51-31(6)64-48)45(36)37(38)25-43(53)61-33/h12-14,16-17,24,27-30,33-37,39-42,44-45,50H,11,15,18-23,25-26H2,1-10H3/t27-,28-,29?,30?,33+,34+,35+,36+,37-,39-,40+,41+,42+,44+,45-,50?/m1/s1. The SMILES string of the molecule is CC[C@H]1CCC[C@H](O[C@H]2CC[C@H](N(C)C(=O)c3ccccc3)C(C)O2)[C@@H](C)C(=O)C2=C[C@H]3[C@@H]4C[C@H](OC(OC(C)[C@@H](C)OC)[C@H](COC)OC)C[C@H]4c4sc(C)nc4[C@H]3[C@@H]2CC(=O)O1. The molecule has 3 aliphatic carbocycles. The summed E-state index contributed by atoms with van der Waals surface area (Å²) in [5, 5.41) is 0.972. The molecule has 14 heteroatoms. The van der Waals surface area contributed by atoms with Crippen LogP contribution in [0.4, 0.5) is 0 Å². The number of ketones is 1. The number of fused-ring (bicyclic) bond motifs is 8. The van der Waals surface area contributed by atoms with E-state index < -0.39 is 30.7 Å². The minimum atomic E-state index is -0.696. The minimum Gasteiger partial charge on any atom is -0.462 e. The summed E-state index contributed by atoms with van der Waals surface area (Å²) < 4.78 is 49.9. The molecule has 5 aliphatic rings. The number of hydrogen-bond acceptors (Lipinski definition) is 13. The van der Waals surface area contributed by atoms with Crippen molar-refractivity contribution in [2.24, 2.45) is 23.7 Å². The summed E-state index contributed by atoms with van der Waals surface area (Å²) in [6.07, 6.45) is 4.67. The summed E-state index contributed by atoms with van der Waals surface area (Å²) in [6.45, 7) is 12.3. The predicted molar refractivity (Wildman–Crippen MR) is 242 cm³/mol. The van der Waals surface area contributed by atoms with E-state index in [1.807, 2.05) is 72.0 Å². The lowest BCUT2D eigenvalue weighted by atomic mass is 9.67. The second-order valence-electron chi connectivity index (χ2n) is 18.9. The van der Waals surface area contributed by atoms with Crippen molar-refractivity contribution in [3.8, 4) is 0 Å². The highest BCUT2D eigenvalue weighted by Gasteiger charge is 2.56. The summed E-state index contributed by atoms with van der Waals surface area (Å²) in [4.78, 5) is 50.7. The van der Waals surface area contributed by atoms with Gasteiger partial charge in [0.15, 0.2) is 18.4 Å². The van der Waals surface area contributed by atoms with Gasteiger partial charge in [0.05, 0.1) is 60.3 Å². The maximum atomic E-state index is 15.2. The maximum absolute atomic E-state index is 15.2. The second kappa shape index (κ2) is 21.7. The van der Waals surface area contributed by atoms with Crippen molar-refractivity contribution in [3.63, 3.8) is 0 Å². The van der Waals surface area contributed by atoms with Crippen molar-refractivity contribution in [1.82, 2.24) is 9.88 Å². The molecular formula is C50H72N2O11S. The molecule has 1 aromatic heterocycles. The molecule has 0 spiro atoms.